The summed E-state index contributed by atoms with van der Waals surface area (Å²) in [4.78, 5) is 0. The molecular weight excluding hydrogens is 136 g/mol. The van der Waals surface area contributed by atoms with Crippen LogP contribution in [-0.2, 0) is 0 Å². The Kier molecular flexibility index (Phi) is 4.24. The Morgan fingerprint density at radius 3 is 3.18 bits per heavy atom. The molecule has 2 N–H and O–H groups in total. The second-order valence-corrected chi connectivity index (χ2v) is 3.07. The molecule has 0 aromatic rings. The van der Waals surface area contributed by atoms with Crippen LogP contribution in [0.1, 0.15) is 19.3 Å². The van der Waals surface area contributed by atoms with Gasteiger partial charge >= 0.3 is 0 Å². The van der Waals surface area contributed by atoms with Crippen LogP contribution in [0.4, 0.5) is 0 Å². The fraction of sp³-hybridized carbons (Fsp3) is 0.778. The molecule has 1 saturated heterocycles. The van der Waals surface area contributed by atoms with E-state index in [1.54, 1.807) is 0 Å². The first-order valence-electron chi connectivity index (χ1n) is 4.48. The van der Waals surface area contributed by atoms with E-state index in [0.717, 1.165) is 13.1 Å². The first kappa shape index (κ1) is 8.75. The lowest BCUT2D eigenvalue weighted by Crippen LogP contribution is -2.29. The van der Waals surface area contributed by atoms with E-state index in [9.17, 15) is 0 Å². The third-order valence-electron chi connectivity index (χ3n) is 2.13. The maximum atomic E-state index is 3.69. The monoisotopic (exact) mass is 154 g/mol. The Labute approximate surface area is 69.1 Å². The summed E-state index contributed by atoms with van der Waals surface area (Å²) < 4.78 is 0. The van der Waals surface area contributed by atoms with Crippen LogP contribution >= 0.6 is 0 Å². The summed E-state index contributed by atoms with van der Waals surface area (Å²) in [7, 11) is 0. The molecule has 1 rings (SSSR count). The van der Waals surface area contributed by atoms with Crippen LogP contribution in [-0.4, -0.2) is 25.7 Å². The molecule has 1 atom stereocenters. The van der Waals surface area contributed by atoms with Crippen LogP contribution in [0.3, 0.4) is 0 Å². The van der Waals surface area contributed by atoms with Crippen molar-refractivity contribution in [2.24, 2.45) is 0 Å². The molecule has 0 saturated carbocycles. The van der Waals surface area contributed by atoms with Gasteiger partial charge in [0.2, 0.25) is 0 Å². The van der Waals surface area contributed by atoms with Crippen LogP contribution in [0.25, 0.3) is 0 Å². The lowest BCUT2D eigenvalue weighted by atomic mass is 10.1. The molecule has 64 valence electrons. The summed E-state index contributed by atoms with van der Waals surface area (Å²) in [6.45, 7) is 6.99. The van der Waals surface area contributed by atoms with Gasteiger partial charge in [0, 0.05) is 12.6 Å². The lowest BCUT2D eigenvalue weighted by Gasteiger charge is -2.13. The van der Waals surface area contributed by atoms with Crippen LogP contribution in [0.5, 0.6) is 0 Å². The highest BCUT2D eigenvalue weighted by Crippen LogP contribution is 2.03. The van der Waals surface area contributed by atoms with Gasteiger partial charge in [-0.2, -0.15) is 0 Å². The van der Waals surface area contributed by atoms with Gasteiger partial charge in [-0.25, -0.2) is 0 Å². The topological polar surface area (TPSA) is 24.1 Å². The third-order valence-corrected chi connectivity index (χ3v) is 2.13. The fourth-order valence-electron chi connectivity index (χ4n) is 1.47. The molecule has 1 aliphatic heterocycles. The first-order valence-corrected chi connectivity index (χ1v) is 4.48. The summed E-state index contributed by atoms with van der Waals surface area (Å²) in [5, 5.41) is 6.84. The van der Waals surface area contributed by atoms with Crippen molar-refractivity contribution in [3.63, 3.8) is 0 Å². The molecule has 2 heteroatoms. The second kappa shape index (κ2) is 5.33. The maximum Gasteiger partial charge on any atom is 0.0134 e. The van der Waals surface area contributed by atoms with Crippen molar-refractivity contribution in [3.8, 4) is 0 Å². The molecule has 1 unspecified atom stereocenters. The van der Waals surface area contributed by atoms with Crippen molar-refractivity contribution in [1.29, 1.82) is 0 Å². The van der Waals surface area contributed by atoms with Crippen molar-refractivity contribution in [2.75, 3.05) is 19.6 Å². The Balaban J connectivity index is 2.14. The molecule has 0 radical (unpaired) electrons. The van der Waals surface area contributed by atoms with Gasteiger partial charge in [-0.1, -0.05) is 6.08 Å². The van der Waals surface area contributed by atoms with Crippen molar-refractivity contribution in [1.82, 2.24) is 10.6 Å². The normalized spacial score (nSPS) is 26.0. The van der Waals surface area contributed by atoms with Gasteiger partial charge in [0.1, 0.15) is 0 Å². The molecule has 2 nitrogen and oxygen atoms in total. The van der Waals surface area contributed by atoms with Crippen molar-refractivity contribution < 1.29 is 0 Å². The van der Waals surface area contributed by atoms with Crippen molar-refractivity contribution in [2.45, 2.75) is 25.3 Å². The number of nitrogens with one attached hydrogen (secondary N) is 2. The summed E-state index contributed by atoms with van der Waals surface area (Å²) in [6.07, 6.45) is 5.79. The average Bonchev–Trinajstić information content (AvgIpc) is 2.28. The zero-order valence-corrected chi connectivity index (χ0v) is 7.10. The van der Waals surface area contributed by atoms with Gasteiger partial charge in [0.05, 0.1) is 0 Å². The summed E-state index contributed by atoms with van der Waals surface area (Å²) >= 11 is 0. The molecule has 0 aromatic carbocycles. The van der Waals surface area contributed by atoms with E-state index in [-0.39, 0.29) is 0 Å². The van der Waals surface area contributed by atoms with Crippen molar-refractivity contribution >= 4 is 0 Å². The zero-order valence-electron chi connectivity index (χ0n) is 7.10. The van der Waals surface area contributed by atoms with Crippen LogP contribution in [0.2, 0.25) is 0 Å². The van der Waals surface area contributed by atoms with E-state index in [2.05, 4.69) is 17.2 Å². The van der Waals surface area contributed by atoms with Gasteiger partial charge in [0.25, 0.3) is 0 Å². The number of rotatable bonds is 3. The van der Waals surface area contributed by atoms with Gasteiger partial charge in [-0.15, -0.1) is 6.58 Å². The van der Waals surface area contributed by atoms with Gasteiger partial charge < -0.3 is 10.6 Å². The smallest absolute Gasteiger partial charge is 0.0134 e. The number of hydrogen-bond donors (Lipinski definition) is 2. The quantitative estimate of drug-likeness (QED) is 0.590. The van der Waals surface area contributed by atoms with E-state index in [0.29, 0.717) is 6.04 Å². The molecule has 0 bridgehead atoms. The summed E-state index contributed by atoms with van der Waals surface area (Å²) in [6, 6.07) is 0.711. The third kappa shape index (κ3) is 3.54. The van der Waals surface area contributed by atoms with Gasteiger partial charge in [-0.3, -0.25) is 0 Å². The lowest BCUT2D eigenvalue weighted by molar-refractivity contribution is 0.492. The van der Waals surface area contributed by atoms with E-state index >= 15 is 0 Å². The minimum absolute atomic E-state index is 0.711. The Bertz CT molecular complexity index is 104. The largest absolute Gasteiger partial charge is 0.317 e. The van der Waals surface area contributed by atoms with E-state index in [4.69, 9.17) is 0 Å². The molecule has 0 aromatic heterocycles. The molecule has 1 heterocycles. The van der Waals surface area contributed by atoms with E-state index in [1.165, 1.54) is 25.8 Å². The predicted octanol–water partition coefficient (Wildman–Crippen LogP) is 0.904. The molecule has 1 aliphatic rings. The van der Waals surface area contributed by atoms with Crippen LogP contribution in [0.15, 0.2) is 12.7 Å². The Hall–Kier alpha value is -0.340. The molecular formula is C9H18N2. The molecule has 0 amide bonds. The van der Waals surface area contributed by atoms with Gasteiger partial charge in [0.15, 0.2) is 0 Å². The first-order chi connectivity index (χ1) is 5.43. The minimum atomic E-state index is 0.711. The highest BCUT2D eigenvalue weighted by atomic mass is 14.9. The Morgan fingerprint density at radius 1 is 1.45 bits per heavy atom. The van der Waals surface area contributed by atoms with E-state index in [1.807, 2.05) is 6.08 Å². The summed E-state index contributed by atoms with van der Waals surface area (Å²) in [5.74, 6) is 0. The van der Waals surface area contributed by atoms with E-state index < -0.39 is 0 Å². The standard InChI is InChI=1S/C9H18N2/c1-2-6-11-9-4-3-7-10-8-5-9/h2,9-11H,1,3-8H2. The van der Waals surface area contributed by atoms with Crippen molar-refractivity contribution in [3.05, 3.63) is 12.7 Å². The van der Waals surface area contributed by atoms with Gasteiger partial charge in [-0.05, 0) is 32.4 Å². The number of hydrogen-bond acceptors (Lipinski definition) is 2. The maximum absolute atomic E-state index is 3.69. The van der Waals surface area contributed by atoms with Crippen LogP contribution in [0, 0.1) is 0 Å². The van der Waals surface area contributed by atoms with Crippen LogP contribution < -0.4 is 10.6 Å². The fourth-order valence-corrected chi connectivity index (χ4v) is 1.47. The molecule has 0 aliphatic carbocycles. The second-order valence-electron chi connectivity index (χ2n) is 3.07. The molecule has 0 spiro atoms. The molecule has 1 fully saturated rings. The minimum Gasteiger partial charge on any atom is -0.317 e. The SMILES string of the molecule is C=CCNC1CCCNCC1. The highest BCUT2D eigenvalue weighted by molar-refractivity contribution is 4.77. The highest BCUT2D eigenvalue weighted by Gasteiger charge is 2.09. The molecule has 11 heavy (non-hydrogen) atoms. The zero-order chi connectivity index (χ0) is 7.94. The summed E-state index contributed by atoms with van der Waals surface area (Å²) in [5.41, 5.74) is 0. The predicted molar refractivity (Wildman–Crippen MR) is 48.7 cm³/mol. The Morgan fingerprint density at radius 2 is 2.36 bits per heavy atom. The average molecular weight is 154 g/mol.